The lowest BCUT2D eigenvalue weighted by Crippen LogP contribution is -2.50. The van der Waals surface area contributed by atoms with Crippen LogP contribution in [0.25, 0.3) is 0 Å². The van der Waals surface area contributed by atoms with Crippen LogP contribution in [0.1, 0.15) is 58.6 Å². The van der Waals surface area contributed by atoms with Gasteiger partial charge < -0.3 is 10.1 Å². The van der Waals surface area contributed by atoms with Crippen LogP contribution in [0.15, 0.2) is 59.7 Å². The molecule has 1 aliphatic rings. The largest absolute Gasteiger partial charge is 0.401 e. The van der Waals surface area contributed by atoms with Crippen LogP contribution in [0.2, 0.25) is 0 Å². The van der Waals surface area contributed by atoms with Gasteiger partial charge in [0.1, 0.15) is 11.9 Å². The third kappa shape index (κ3) is 6.61. The van der Waals surface area contributed by atoms with Crippen molar-refractivity contribution < 1.29 is 9.18 Å². The molecule has 1 aliphatic heterocycles. The third-order valence-corrected chi connectivity index (χ3v) is 7.10. The standard InChI is InChI=1S/C25H32BFN3OS/c1-5-25(3,4)29-24(31)23(19-12-14-28-15-13-19)30(22-10-8-21(27)9-11-22)26-20-7-6-18(2)16-32-17-20/h8-15,17-18,23H,5-7,16H2,1-4H3,(H,29,31). The van der Waals surface area contributed by atoms with Gasteiger partial charge in [0, 0.05) is 23.6 Å². The van der Waals surface area contributed by atoms with Crippen molar-refractivity contribution in [1.82, 2.24) is 10.3 Å². The van der Waals surface area contributed by atoms with E-state index in [1.807, 2.05) is 42.6 Å². The van der Waals surface area contributed by atoms with E-state index in [0.717, 1.165) is 36.3 Å². The Hall–Kier alpha value is -2.28. The Morgan fingerprint density at radius 2 is 1.97 bits per heavy atom. The average molecular weight is 452 g/mol. The molecule has 0 saturated heterocycles. The molecule has 3 rings (SSSR count). The van der Waals surface area contributed by atoms with Crippen LogP contribution < -0.4 is 10.1 Å². The molecule has 4 nitrogen and oxygen atoms in total. The fraction of sp³-hybridized carbons (Fsp3) is 0.440. The maximum absolute atomic E-state index is 13.7. The molecular weight excluding hydrogens is 420 g/mol. The fourth-order valence-electron chi connectivity index (χ4n) is 3.53. The summed E-state index contributed by atoms with van der Waals surface area (Å²) in [7, 11) is 2.06. The molecule has 0 fully saturated rings. The topological polar surface area (TPSA) is 45.2 Å². The lowest BCUT2D eigenvalue weighted by Gasteiger charge is -2.36. The van der Waals surface area contributed by atoms with Crippen LogP contribution in [-0.2, 0) is 4.79 Å². The highest BCUT2D eigenvalue weighted by Crippen LogP contribution is 2.31. The highest BCUT2D eigenvalue weighted by molar-refractivity contribution is 8.02. The van der Waals surface area contributed by atoms with Gasteiger partial charge in [-0.1, -0.05) is 19.3 Å². The number of nitrogens with one attached hydrogen (secondary N) is 1. The SMILES string of the molecule is CCC(C)(C)NC(=O)C(c1ccncc1)N([B]C1=CSCC(C)CC1)c1ccc(F)cc1. The Morgan fingerprint density at radius 1 is 1.28 bits per heavy atom. The Labute approximate surface area is 196 Å². The Bertz CT molecular complexity index is 921. The van der Waals surface area contributed by atoms with E-state index in [1.165, 1.54) is 17.6 Å². The number of nitrogens with zero attached hydrogens (tertiary/aromatic N) is 2. The number of anilines is 1. The molecule has 0 saturated carbocycles. The molecule has 0 bridgehead atoms. The molecule has 2 heterocycles. The second-order valence-corrected chi connectivity index (χ2v) is 9.99. The number of hydrogen-bond acceptors (Lipinski definition) is 4. The van der Waals surface area contributed by atoms with Crippen LogP contribution in [0.5, 0.6) is 0 Å². The molecule has 2 atom stereocenters. The minimum Gasteiger partial charge on any atom is -0.401 e. The fourth-order valence-corrected chi connectivity index (χ4v) is 4.52. The number of carbonyl (C=O) groups is 1. The molecule has 32 heavy (non-hydrogen) atoms. The van der Waals surface area contributed by atoms with Crippen LogP contribution in [0.3, 0.4) is 0 Å². The van der Waals surface area contributed by atoms with Gasteiger partial charge in [0.2, 0.25) is 5.91 Å². The number of carbonyl (C=O) groups excluding carboxylic acids is 1. The quantitative estimate of drug-likeness (QED) is 0.522. The molecule has 7 heteroatoms. The summed E-state index contributed by atoms with van der Waals surface area (Å²) in [6, 6.07) is 9.45. The highest BCUT2D eigenvalue weighted by atomic mass is 32.2. The first kappa shape index (κ1) is 24.4. The lowest BCUT2D eigenvalue weighted by atomic mass is 9.74. The lowest BCUT2D eigenvalue weighted by molar-refractivity contribution is -0.123. The van der Waals surface area contributed by atoms with Gasteiger partial charge in [-0.05, 0) is 92.2 Å². The van der Waals surface area contributed by atoms with E-state index in [9.17, 15) is 9.18 Å². The van der Waals surface area contributed by atoms with Crippen LogP contribution in [-0.4, -0.2) is 29.6 Å². The molecule has 1 aromatic heterocycles. The molecule has 1 radical (unpaired) electrons. The molecule has 1 N–H and O–H groups in total. The first-order valence-corrected chi connectivity index (χ1v) is 12.3. The summed E-state index contributed by atoms with van der Waals surface area (Å²) in [5.74, 6) is 1.33. The van der Waals surface area contributed by atoms with Gasteiger partial charge in [-0.3, -0.25) is 9.78 Å². The summed E-state index contributed by atoms with van der Waals surface area (Å²) >= 11 is 1.81. The number of halogens is 1. The van der Waals surface area contributed by atoms with Crippen molar-refractivity contribution in [3.8, 4) is 0 Å². The van der Waals surface area contributed by atoms with Crippen LogP contribution in [0, 0.1) is 11.7 Å². The second kappa shape index (κ2) is 11.0. The molecule has 0 aliphatic carbocycles. The Kier molecular flexibility index (Phi) is 8.41. The third-order valence-electron chi connectivity index (χ3n) is 5.86. The summed E-state index contributed by atoms with van der Waals surface area (Å²) in [5, 5.41) is 5.40. The van der Waals surface area contributed by atoms with Crippen molar-refractivity contribution in [2.75, 3.05) is 10.6 Å². The Morgan fingerprint density at radius 3 is 2.62 bits per heavy atom. The molecule has 169 valence electrons. The van der Waals surface area contributed by atoms with Gasteiger partial charge in [-0.25, -0.2) is 4.39 Å². The monoisotopic (exact) mass is 452 g/mol. The van der Waals surface area contributed by atoms with Crippen molar-refractivity contribution in [1.29, 1.82) is 0 Å². The first-order chi connectivity index (χ1) is 15.3. The normalized spacial score (nSPS) is 17.7. The van der Waals surface area contributed by atoms with Crippen molar-refractivity contribution in [3.63, 3.8) is 0 Å². The van der Waals surface area contributed by atoms with E-state index < -0.39 is 6.04 Å². The van der Waals surface area contributed by atoms with E-state index in [2.05, 4.69) is 37.0 Å². The number of rotatable bonds is 8. The summed E-state index contributed by atoms with van der Waals surface area (Å²) in [6.45, 7) is 8.36. The van der Waals surface area contributed by atoms with Crippen molar-refractivity contribution in [2.45, 2.75) is 58.5 Å². The predicted octanol–water partition coefficient (Wildman–Crippen LogP) is 5.70. The number of pyridine rings is 1. The predicted molar refractivity (Wildman–Crippen MR) is 133 cm³/mol. The number of amides is 1. The highest BCUT2D eigenvalue weighted by Gasteiger charge is 2.32. The van der Waals surface area contributed by atoms with Gasteiger partial charge in [0.25, 0.3) is 7.41 Å². The average Bonchev–Trinajstić information content (AvgIpc) is 2.98. The summed E-state index contributed by atoms with van der Waals surface area (Å²) in [6.07, 6.45) is 6.25. The zero-order valence-electron chi connectivity index (χ0n) is 19.3. The van der Waals surface area contributed by atoms with Gasteiger partial charge in [-0.2, -0.15) is 0 Å². The minimum absolute atomic E-state index is 0.0983. The molecule has 0 spiro atoms. The number of hydrogen-bond donors (Lipinski definition) is 1. The number of benzene rings is 1. The molecule has 2 unspecified atom stereocenters. The first-order valence-electron chi connectivity index (χ1n) is 11.2. The maximum atomic E-state index is 13.7. The van der Waals surface area contributed by atoms with Crippen LogP contribution >= 0.6 is 11.8 Å². The van der Waals surface area contributed by atoms with E-state index >= 15 is 0 Å². The summed E-state index contributed by atoms with van der Waals surface area (Å²) in [5.41, 5.74) is 2.43. The number of aromatic nitrogens is 1. The Balaban J connectivity index is 2.02. The van der Waals surface area contributed by atoms with Gasteiger partial charge in [0.15, 0.2) is 0 Å². The summed E-state index contributed by atoms with van der Waals surface area (Å²) < 4.78 is 13.7. The zero-order chi connectivity index (χ0) is 23.1. The smallest absolute Gasteiger partial charge is 0.282 e. The van der Waals surface area contributed by atoms with E-state index in [1.54, 1.807) is 24.5 Å². The molecule has 1 aromatic carbocycles. The van der Waals surface area contributed by atoms with Gasteiger partial charge in [-0.15, -0.1) is 11.8 Å². The zero-order valence-corrected chi connectivity index (χ0v) is 20.2. The van der Waals surface area contributed by atoms with E-state index in [4.69, 9.17) is 0 Å². The van der Waals surface area contributed by atoms with Gasteiger partial charge in [0.05, 0.1) is 0 Å². The minimum atomic E-state index is -0.610. The number of thioether (sulfide) groups is 1. The second-order valence-electron chi connectivity index (χ2n) is 9.09. The van der Waals surface area contributed by atoms with Crippen LogP contribution in [0.4, 0.5) is 10.1 Å². The molecule has 1 amide bonds. The van der Waals surface area contributed by atoms with Crippen molar-refractivity contribution in [2.24, 2.45) is 5.92 Å². The van der Waals surface area contributed by atoms with Crippen molar-refractivity contribution in [3.05, 3.63) is 71.1 Å². The molecule has 2 aromatic rings. The number of allylic oxidation sites excluding steroid dienone is 1. The summed E-state index contributed by atoms with van der Waals surface area (Å²) in [4.78, 5) is 19.8. The van der Waals surface area contributed by atoms with E-state index in [0.29, 0.717) is 5.92 Å². The van der Waals surface area contributed by atoms with Gasteiger partial charge >= 0.3 is 0 Å². The van der Waals surface area contributed by atoms with E-state index in [-0.39, 0.29) is 17.3 Å². The van der Waals surface area contributed by atoms with Crippen molar-refractivity contribution >= 4 is 30.8 Å². The molecular formula is C25H32BFN3OS. The maximum Gasteiger partial charge on any atom is 0.282 e.